The predicted molar refractivity (Wildman–Crippen MR) is 76.8 cm³/mol. The second-order valence-corrected chi connectivity index (χ2v) is 4.44. The molecule has 19 heavy (non-hydrogen) atoms. The first-order chi connectivity index (χ1) is 9.20. The fourth-order valence-corrected chi connectivity index (χ4v) is 1.66. The van der Waals surface area contributed by atoms with E-state index in [0.29, 0.717) is 28.6 Å². The molecule has 0 aliphatic heterocycles. The largest absolute Gasteiger partial charge is 0.506 e. The number of nitrogens with one attached hydrogen (secondary N) is 1. The fraction of sp³-hybridized carbons (Fsp3) is 0.0769. The minimum absolute atomic E-state index is 0.127. The van der Waals surface area contributed by atoms with Gasteiger partial charge in [0.2, 0.25) is 11.8 Å². The lowest BCUT2D eigenvalue weighted by Crippen LogP contribution is -2.02. The van der Waals surface area contributed by atoms with Gasteiger partial charge in [0.15, 0.2) is 0 Å². The van der Waals surface area contributed by atoms with Crippen molar-refractivity contribution in [3.8, 4) is 11.6 Å². The molecule has 1 heterocycles. The molecular weight excluding hydrogens is 310 g/mol. The Kier molecular flexibility index (Phi) is 4.35. The van der Waals surface area contributed by atoms with Crippen molar-refractivity contribution >= 4 is 27.6 Å². The van der Waals surface area contributed by atoms with Crippen LogP contribution in [-0.4, -0.2) is 21.7 Å². The summed E-state index contributed by atoms with van der Waals surface area (Å²) >= 11 is 3.30. The highest BCUT2D eigenvalue weighted by atomic mass is 79.9. The molecule has 0 fully saturated rings. The molecule has 0 radical (unpaired) electrons. The number of para-hydroxylation sites is 2. The van der Waals surface area contributed by atoms with Crippen molar-refractivity contribution in [1.82, 2.24) is 9.97 Å². The normalized spacial score (nSPS) is 9.95. The molecule has 0 aliphatic carbocycles. The number of phenolic OH excluding ortho intramolecular Hbond substituents is 1. The number of anilines is 2. The third-order valence-corrected chi connectivity index (χ3v) is 2.74. The highest BCUT2D eigenvalue weighted by molar-refractivity contribution is 9.10. The molecular formula is C13H12BrN3O2. The van der Waals surface area contributed by atoms with Gasteiger partial charge in [0, 0.05) is 0 Å². The molecule has 0 amide bonds. The summed E-state index contributed by atoms with van der Waals surface area (Å²) in [5.74, 6) is 0.874. The summed E-state index contributed by atoms with van der Waals surface area (Å²) in [5.41, 5.74) is 0.527. The van der Waals surface area contributed by atoms with Gasteiger partial charge in [-0.1, -0.05) is 24.8 Å². The average molecular weight is 322 g/mol. The average Bonchev–Trinajstić information content (AvgIpc) is 2.42. The molecule has 0 bridgehead atoms. The minimum atomic E-state index is 0.127. The van der Waals surface area contributed by atoms with E-state index < -0.39 is 0 Å². The van der Waals surface area contributed by atoms with Crippen molar-refractivity contribution in [1.29, 1.82) is 0 Å². The molecule has 0 aliphatic rings. The molecule has 6 heteroatoms. The molecule has 0 spiro atoms. The Bertz CT molecular complexity index is 590. The van der Waals surface area contributed by atoms with Gasteiger partial charge in [-0.15, -0.1) is 0 Å². The Balaban J connectivity index is 2.21. The van der Waals surface area contributed by atoms with Gasteiger partial charge in [-0.2, -0.15) is 4.98 Å². The predicted octanol–water partition coefficient (Wildman–Crippen LogP) is 3.25. The van der Waals surface area contributed by atoms with Crippen LogP contribution in [0.15, 0.2) is 47.6 Å². The smallest absolute Gasteiger partial charge is 0.233 e. The van der Waals surface area contributed by atoms with E-state index in [4.69, 9.17) is 4.74 Å². The van der Waals surface area contributed by atoms with Crippen molar-refractivity contribution in [2.24, 2.45) is 0 Å². The summed E-state index contributed by atoms with van der Waals surface area (Å²) in [6, 6.07) is 6.85. The van der Waals surface area contributed by atoms with E-state index in [-0.39, 0.29) is 5.75 Å². The monoisotopic (exact) mass is 321 g/mol. The van der Waals surface area contributed by atoms with Crippen LogP contribution in [0, 0.1) is 0 Å². The van der Waals surface area contributed by atoms with Crippen LogP contribution in [0.25, 0.3) is 0 Å². The van der Waals surface area contributed by atoms with Crippen molar-refractivity contribution in [2.75, 3.05) is 11.9 Å². The molecule has 0 saturated carbocycles. The van der Waals surface area contributed by atoms with Crippen LogP contribution in [0.2, 0.25) is 0 Å². The van der Waals surface area contributed by atoms with E-state index in [1.54, 1.807) is 36.5 Å². The number of halogens is 1. The van der Waals surface area contributed by atoms with E-state index in [0.717, 1.165) is 0 Å². The SMILES string of the molecule is C=CCOc1nc(Nc2ccccc2O)ncc1Br. The molecule has 2 rings (SSSR count). The van der Waals surface area contributed by atoms with Crippen LogP contribution < -0.4 is 10.1 Å². The number of hydrogen-bond acceptors (Lipinski definition) is 5. The zero-order chi connectivity index (χ0) is 13.7. The highest BCUT2D eigenvalue weighted by Gasteiger charge is 2.07. The van der Waals surface area contributed by atoms with Crippen LogP contribution in [0.1, 0.15) is 0 Å². The molecule has 2 aromatic rings. The third kappa shape index (κ3) is 3.45. The van der Waals surface area contributed by atoms with Crippen LogP contribution in [0.5, 0.6) is 11.6 Å². The number of ether oxygens (including phenoxy) is 1. The summed E-state index contributed by atoms with van der Waals surface area (Å²) in [7, 11) is 0. The van der Waals surface area contributed by atoms with Crippen molar-refractivity contribution in [3.05, 3.63) is 47.6 Å². The Morgan fingerprint density at radius 1 is 1.42 bits per heavy atom. The lowest BCUT2D eigenvalue weighted by Gasteiger charge is -2.09. The van der Waals surface area contributed by atoms with Gasteiger partial charge in [0.25, 0.3) is 0 Å². The first kappa shape index (κ1) is 13.4. The minimum Gasteiger partial charge on any atom is -0.506 e. The van der Waals surface area contributed by atoms with Crippen molar-refractivity contribution in [3.63, 3.8) is 0 Å². The molecule has 1 aromatic carbocycles. The second kappa shape index (κ2) is 6.19. The number of aromatic hydroxyl groups is 1. The quantitative estimate of drug-likeness (QED) is 0.653. The van der Waals surface area contributed by atoms with E-state index in [9.17, 15) is 5.11 Å². The summed E-state index contributed by atoms with van der Waals surface area (Å²) in [6.45, 7) is 3.93. The Morgan fingerprint density at radius 3 is 2.95 bits per heavy atom. The zero-order valence-electron chi connectivity index (χ0n) is 10.0. The van der Waals surface area contributed by atoms with Gasteiger partial charge < -0.3 is 15.2 Å². The van der Waals surface area contributed by atoms with Crippen LogP contribution in [0.4, 0.5) is 11.6 Å². The maximum Gasteiger partial charge on any atom is 0.233 e. The summed E-state index contributed by atoms with van der Waals surface area (Å²) < 4.78 is 6.03. The fourth-order valence-electron chi connectivity index (χ4n) is 1.35. The number of hydrogen-bond donors (Lipinski definition) is 2. The van der Waals surface area contributed by atoms with Crippen LogP contribution in [-0.2, 0) is 0 Å². The van der Waals surface area contributed by atoms with E-state index in [2.05, 4.69) is 37.8 Å². The second-order valence-electron chi connectivity index (χ2n) is 3.59. The molecule has 1 aromatic heterocycles. The van der Waals surface area contributed by atoms with E-state index in [1.807, 2.05) is 0 Å². The Morgan fingerprint density at radius 2 is 2.21 bits per heavy atom. The van der Waals surface area contributed by atoms with Gasteiger partial charge in [-0.25, -0.2) is 4.98 Å². The Labute approximate surface area is 119 Å². The number of phenols is 1. The molecule has 0 unspecified atom stereocenters. The number of rotatable bonds is 5. The summed E-state index contributed by atoms with van der Waals surface area (Å²) in [4.78, 5) is 8.29. The number of nitrogens with zero attached hydrogens (tertiary/aromatic N) is 2. The van der Waals surface area contributed by atoms with E-state index >= 15 is 0 Å². The molecule has 98 valence electrons. The molecule has 5 nitrogen and oxygen atoms in total. The van der Waals surface area contributed by atoms with Gasteiger partial charge >= 0.3 is 0 Å². The number of benzene rings is 1. The van der Waals surface area contributed by atoms with Crippen molar-refractivity contribution < 1.29 is 9.84 Å². The summed E-state index contributed by atoms with van der Waals surface area (Å²) in [6.07, 6.45) is 3.21. The first-order valence-electron chi connectivity index (χ1n) is 5.52. The lowest BCUT2D eigenvalue weighted by molar-refractivity contribution is 0.346. The third-order valence-electron chi connectivity index (χ3n) is 2.20. The van der Waals surface area contributed by atoms with Gasteiger partial charge in [0.1, 0.15) is 12.4 Å². The molecule has 0 atom stereocenters. The van der Waals surface area contributed by atoms with Crippen LogP contribution in [0.3, 0.4) is 0 Å². The van der Waals surface area contributed by atoms with Crippen molar-refractivity contribution in [2.45, 2.75) is 0 Å². The lowest BCUT2D eigenvalue weighted by atomic mass is 10.3. The molecule has 2 N–H and O–H groups in total. The topological polar surface area (TPSA) is 67.3 Å². The Hall–Kier alpha value is -2.08. The number of aromatic nitrogens is 2. The standard InChI is InChI=1S/C13H12BrN3O2/c1-2-7-19-12-9(14)8-15-13(17-12)16-10-5-3-4-6-11(10)18/h2-6,8,18H,1,7H2,(H,15,16,17). The van der Waals surface area contributed by atoms with Gasteiger partial charge in [0.05, 0.1) is 16.4 Å². The van der Waals surface area contributed by atoms with Crippen LogP contribution >= 0.6 is 15.9 Å². The van der Waals surface area contributed by atoms with E-state index in [1.165, 1.54) is 0 Å². The zero-order valence-corrected chi connectivity index (χ0v) is 11.6. The van der Waals surface area contributed by atoms with Gasteiger partial charge in [-0.05, 0) is 28.1 Å². The first-order valence-corrected chi connectivity index (χ1v) is 6.31. The highest BCUT2D eigenvalue weighted by Crippen LogP contribution is 2.27. The maximum atomic E-state index is 9.67. The summed E-state index contributed by atoms with van der Waals surface area (Å²) in [5, 5.41) is 12.6. The maximum absolute atomic E-state index is 9.67. The molecule has 0 saturated heterocycles. The van der Waals surface area contributed by atoms with Gasteiger partial charge in [-0.3, -0.25) is 0 Å².